The van der Waals surface area contributed by atoms with E-state index in [9.17, 15) is 13.5 Å². The summed E-state index contributed by atoms with van der Waals surface area (Å²) in [7, 11) is -3.78. The number of fused-ring (bicyclic) bond motifs is 1. The summed E-state index contributed by atoms with van der Waals surface area (Å²) >= 11 is 5.79. The van der Waals surface area contributed by atoms with Gasteiger partial charge < -0.3 is 10.4 Å². The first-order valence-corrected chi connectivity index (χ1v) is 6.66. The molecule has 92 valence electrons. The summed E-state index contributed by atoms with van der Waals surface area (Å²) in [4.78, 5) is 0.0508. The van der Waals surface area contributed by atoms with Crippen molar-refractivity contribution in [2.45, 2.75) is 24.3 Å². The minimum atomic E-state index is -3.78. The second-order valence-electron chi connectivity index (χ2n) is 4.24. The van der Waals surface area contributed by atoms with Crippen LogP contribution in [0.4, 0.5) is 5.69 Å². The van der Waals surface area contributed by atoms with Crippen molar-refractivity contribution in [3.05, 3.63) is 23.2 Å². The maximum absolute atomic E-state index is 11.9. The lowest BCUT2D eigenvalue weighted by molar-refractivity contribution is 0.154. The summed E-state index contributed by atoms with van der Waals surface area (Å²) in [6.07, 6.45) is 0. The molecule has 0 aromatic heterocycles. The predicted octanol–water partition coefficient (Wildman–Crippen LogP) is 1.62. The van der Waals surface area contributed by atoms with Gasteiger partial charge >= 0.3 is 0 Å². The SMILES string of the molecule is CC(C)(O)C1=NS(=O)(=O)c2ccc(Cl)cc2N1. The average molecular weight is 275 g/mol. The number of amidine groups is 1. The number of halogens is 1. The number of aliphatic hydroxyl groups is 1. The van der Waals surface area contributed by atoms with Crippen LogP contribution in [0.1, 0.15) is 13.8 Å². The number of hydrogen-bond acceptors (Lipinski definition) is 4. The molecule has 2 rings (SSSR count). The van der Waals surface area contributed by atoms with Crippen molar-refractivity contribution in [1.82, 2.24) is 0 Å². The number of anilines is 1. The highest BCUT2D eigenvalue weighted by Gasteiger charge is 2.31. The Morgan fingerprint density at radius 3 is 2.65 bits per heavy atom. The lowest BCUT2D eigenvalue weighted by Crippen LogP contribution is -2.39. The lowest BCUT2D eigenvalue weighted by Gasteiger charge is -2.25. The molecule has 1 aromatic carbocycles. The number of benzene rings is 1. The van der Waals surface area contributed by atoms with Gasteiger partial charge in [0.1, 0.15) is 10.5 Å². The molecule has 5 nitrogen and oxygen atoms in total. The first kappa shape index (κ1) is 12.3. The lowest BCUT2D eigenvalue weighted by atomic mass is 10.1. The molecule has 0 bridgehead atoms. The van der Waals surface area contributed by atoms with E-state index in [4.69, 9.17) is 11.6 Å². The maximum atomic E-state index is 11.9. The van der Waals surface area contributed by atoms with Crippen LogP contribution >= 0.6 is 11.6 Å². The fourth-order valence-electron chi connectivity index (χ4n) is 1.41. The summed E-state index contributed by atoms with van der Waals surface area (Å²) in [6, 6.07) is 4.34. The van der Waals surface area contributed by atoms with Gasteiger partial charge in [-0.05, 0) is 32.0 Å². The Kier molecular flexibility index (Phi) is 2.68. The van der Waals surface area contributed by atoms with Gasteiger partial charge in [-0.1, -0.05) is 11.6 Å². The molecule has 0 saturated heterocycles. The van der Waals surface area contributed by atoms with Crippen molar-refractivity contribution in [3.8, 4) is 0 Å². The van der Waals surface area contributed by atoms with Gasteiger partial charge in [0.05, 0.1) is 5.69 Å². The average Bonchev–Trinajstić information content (AvgIpc) is 2.13. The first-order valence-electron chi connectivity index (χ1n) is 4.84. The van der Waals surface area contributed by atoms with Gasteiger partial charge in [0.2, 0.25) is 0 Å². The van der Waals surface area contributed by atoms with Gasteiger partial charge in [-0.2, -0.15) is 8.42 Å². The van der Waals surface area contributed by atoms with Crippen molar-refractivity contribution < 1.29 is 13.5 Å². The smallest absolute Gasteiger partial charge is 0.286 e. The Bertz CT molecular complexity index is 602. The molecular formula is C10H11ClN2O3S. The summed E-state index contributed by atoms with van der Waals surface area (Å²) < 4.78 is 27.3. The van der Waals surface area contributed by atoms with E-state index >= 15 is 0 Å². The molecule has 17 heavy (non-hydrogen) atoms. The van der Waals surface area contributed by atoms with Crippen molar-refractivity contribution >= 4 is 33.1 Å². The molecule has 0 radical (unpaired) electrons. The summed E-state index contributed by atoms with van der Waals surface area (Å²) in [5, 5.41) is 13.0. The third-order valence-corrected chi connectivity index (χ3v) is 3.83. The maximum Gasteiger partial charge on any atom is 0.286 e. The highest BCUT2D eigenvalue weighted by molar-refractivity contribution is 7.90. The Balaban J connectivity index is 2.63. The summed E-state index contributed by atoms with van der Waals surface area (Å²) in [5.41, 5.74) is -1.04. The topological polar surface area (TPSA) is 78.8 Å². The summed E-state index contributed by atoms with van der Waals surface area (Å²) in [5.74, 6) is -0.0210. The van der Waals surface area contributed by atoms with Crippen LogP contribution in [0.5, 0.6) is 0 Å². The van der Waals surface area contributed by atoms with E-state index in [1.807, 2.05) is 0 Å². The molecule has 0 aliphatic carbocycles. The van der Waals surface area contributed by atoms with E-state index in [1.54, 1.807) is 0 Å². The zero-order valence-corrected chi connectivity index (χ0v) is 10.8. The number of hydrogen-bond donors (Lipinski definition) is 2. The van der Waals surface area contributed by atoms with Gasteiger partial charge in [0.25, 0.3) is 10.0 Å². The first-order chi connectivity index (χ1) is 7.70. The molecule has 1 aliphatic rings. The summed E-state index contributed by atoms with van der Waals surface area (Å²) in [6.45, 7) is 2.90. The quantitative estimate of drug-likeness (QED) is 0.816. The molecular weight excluding hydrogens is 264 g/mol. The zero-order chi connectivity index (χ0) is 12.8. The second kappa shape index (κ2) is 3.69. The molecule has 2 N–H and O–H groups in total. The van der Waals surface area contributed by atoms with Crippen molar-refractivity contribution in [2.75, 3.05) is 5.32 Å². The largest absolute Gasteiger partial charge is 0.382 e. The number of nitrogens with one attached hydrogen (secondary N) is 1. The van der Waals surface area contributed by atoms with E-state index in [1.165, 1.54) is 32.0 Å². The molecule has 0 fully saturated rings. The van der Waals surface area contributed by atoms with E-state index in [2.05, 4.69) is 9.71 Å². The Morgan fingerprint density at radius 1 is 1.41 bits per heavy atom. The molecule has 1 aromatic rings. The molecule has 7 heteroatoms. The highest BCUT2D eigenvalue weighted by Crippen LogP contribution is 2.31. The third kappa shape index (κ3) is 2.29. The van der Waals surface area contributed by atoms with E-state index in [-0.39, 0.29) is 10.7 Å². The molecule has 0 atom stereocenters. The molecule has 0 spiro atoms. The van der Waals surface area contributed by atoms with Gasteiger partial charge in [-0.3, -0.25) is 0 Å². The van der Waals surface area contributed by atoms with Crippen LogP contribution in [-0.2, 0) is 10.0 Å². The third-order valence-electron chi connectivity index (χ3n) is 2.26. The predicted molar refractivity (Wildman–Crippen MR) is 66.0 cm³/mol. The number of nitrogens with zero attached hydrogens (tertiary/aromatic N) is 1. The fraction of sp³-hybridized carbons (Fsp3) is 0.300. The number of rotatable bonds is 1. The minimum Gasteiger partial charge on any atom is -0.382 e. The van der Waals surface area contributed by atoms with E-state index in [0.717, 1.165) is 0 Å². The Labute approximate surface area is 104 Å². The van der Waals surface area contributed by atoms with Gasteiger partial charge in [-0.15, -0.1) is 4.40 Å². The van der Waals surface area contributed by atoms with Crippen LogP contribution in [0.3, 0.4) is 0 Å². The van der Waals surface area contributed by atoms with Crippen LogP contribution in [0.15, 0.2) is 27.5 Å². The molecule has 0 saturated carbocycles. The number of sulfonamides is 1. The van der Waals surface area contributed by atoms with Gasteiger partial charge in [0, 0.05) is 5.02 Å². The molecule has 0 unspecified atom stereocenters. The monoisotopic (exact) mass is 274 g/mol. The standard InChI is InChI=1S/C10H11ClN2O3S/c1-10(2,14)9-12-7-5-6(11)3-4-8(7)17(15,16)13-9/h3-5,14H,1-2H3,(H,12,13). The fourth-order valence-corrected chi connectivity index (χ4v) is 2.82. The van der Waals surface area contributed by atoms with E-state index in [0.29, 0.717) is 10.7 Å². The zero-order valence-electron chi connectivity index (χ0n) is 9.23. The molecule has 1 aliphatic heterocycles. The molecule has 0 amide bonds. The normalized spacial score (nSPS) is 18.0. The van der Waals surface area contributed by atoms with Gasteiger partial charge in [0.15, 0.2) is 5.84 Å². The van der Waals surface area contributed by atoms with Crippen LogP contribution in [0.2, 0.25) is 5.02 Å². The van der Waals surface area contributed by atoms with Crippen molar-refractivity contribution in [2.24, 2.45) is 4.40 Å². The van der Waals surface area contributed by atoms with Crippen LogP contribution in [-0.4, -0.2) is 25.0 Å². The van der Waals surface area contributed by atoms with Crippen LogP contribution in [0, 0.1) is 0 Å². The second-order valence-corrected chi connectivity index (χ2v) is 6.25. The van der Waals surface area contributed by atoms with Crippen LogP contribution in [0.25, 0.3) is 0 Å². The van der Waals surface area contributed by atoms with Gasteiger partial charge in [-0.25, -0.2) is 0 Å². The molecule has 1 heterocycles. The minimum absolute atomic E-state index is 0.0210. The van der Waals surface area contributed by atoms with Crippen LogP contribution < -0.4 is 5.32 Å². The van der Waals surface area contributed by atoms with Crippen molar-refractivity contribution in [1.29, 1.82) is 0 Å². The van der Waals surface area contributed by atoms with Crippen molar-refractivity contribution in [3.63, 3.8) is 0 Å². The highest BCUT2D eigenvalue weighted by atomic mass is 35.5. The Hall–Kier alpha value is -1.11. The Morgan fingerprint density at radius 2 is 2.06 bits per heavy atom. The van der Waals surface area contributed by atoms with E-state index < -0.39 is 15.6 Å².